The zero-order valence-electron chi connectivity index (χ0n) is 10.2. The molecule has 0 amide bonds. The Hall–Kier alpha value is -1.82. The van der Waals surface area contributed by atoms with Gasteiger partial charge in [-0.2, -0.15) is 0 Å². The molecule has 0 aliphatic carbocycles. The molecule has 6 heteroatoms. The lowest BCUT2D eigenvalue weighted by atomic mass is 10.2. The monoisotopic (exact) mass is 325 g/mol. The highest BCUT2D eigenvalue weighted by atomic mass is 79.9. The van der Waals surface area contributed by atoms with Crippen LogP contribution in [0.4, 0.5) is 0 Å². The third-order valence-corrected chi connectivity index (χ3v) is 3.54. The van der Waals surface area contributed by atoms with Crippen molar-refractivity contribution >= 4 is 27.9 Å². The number of methoxy groups -OCH3 is 1. The number of cyclic esters (lactones) is 1. The van der Waals surface area contributed by atoms with E-state index >= 15 is 0 Å². The molecule has 2 rings (SSSR count). The van der Waals surface area contributed by atoms with Crippen LogP contribution in [0.2, 0.25) is 0 Å². The van der Waals surface area contributed by atoms with E-state index in [0.29, 0.717) is 12.2 Å². The second-order valence-electron chi connectivity index (χ2n) is 3.91. The number of benzene rings is 1. The van der Waals surface area contributed by atoms with Gasteiger partial charge in [-0.1, -0.05) is 30.3 Å². The molecule has 0 bridgehead atoms. The Balaban J connectivity index is 2.11. The van der Waals surface area contributed by atoms with Gasteiger partial charge in [-0.15, -0.1) is 0 Å². The summed E-state index contributed by atoms with van der Waals surface area (Å²) < 4.78 is 8.00. The van der Waals surface area contributed by atoms with E-state index in [1.165, 1.54) is 13.2 Å². The van der Waals surface area contributed by atoms with Crippen molar-refractivity contribution < 1.29 is 19.1 Å². The second kappa shape index (κ2) is 5.44. The molecule has 1 atom stereocenters. The summed E-state index contributed by atoms with van der Waals surface area (Å²) in [6.07, 6.45) is 1.23. The molecule has 1 aromatic rings. The third-order valence-electron chi connectivity index (χ3n) is 2.62. The minimum Gasteiger partial charge on any atom is -0.465 e. The van der Waals surface area contributed by atoms with Gasteiger partial charge in [-0.05, 0) is 21.5 Å². The van der Waals surface area contributed by atoms with Crippen molar-refractivity contribution in [2.45, 2.75) is 11.1 Å². The van der Waals surface area contributed by atoms with Gasteiger partial charge in [0.15, 0.2) is 0 Å². The number of esters is 2. The number of halogens is 1. The normalized spacial score (nSPS) is 21.6. The summed E-state index contributed by atoms with van der Waals surface area (Å²) in [5, 5.41) is 3.00. The van der Waals surface area contributed by atoms with Crippen LogP contribution in [-0.4, -0.2) is 23.6 Å². The highest BCUT2D eigenvalue weighted by molar-refractivity contribution is 9.10. The van der Waals surface area contributed by atoms with Crippen molar-refractivity contribution in [2.75, 3.05) is 7.11 Å². The minimum absolute atomic E-state index is 0.327. The lowest BCUT2D eigenvalue weighted by Crippen LogP contribution is -2.40. The van der Waals surface area contributed by atoms with E-state index in [0.717, 1.165) is 5.56 Å². The average molecular weight is 326 g/mol. The maximum absolute atomic E-state index is 11.7. The third kappa shape index (κ3) is 2.78. The summed E-state index contributed by atoms with van der Waals surface area (Å²) in [5.74, 6) is -1.29. The van der Waals surface area contributed by atoms with Gasteiger partial charge in [0, 0.05) is 12.6 Å². The van der Waals surface area contributed by atoms with Crippen LogP contribution < -0.4 is 5.32 Å². The largest absolute Gasteiger partial charge is 0.465 e. The topological polar surface area (TPSA) is 64.6 Å². The van der Waals surface area contributed by atoms with Crippen LogP contribution in [0, 0.1) is 0 Å². The number of hydrogen-bond acceptors (Lipinski definition) is 5. The molecule has 100 valence electrons. The van der Waals surface area contributed by atoms with E-state index in [4.69, 9.17) is 4.74 Å². The summed E-state index contributed by atoms with van der Waals surface area (Å²) in [6.45, 7) is 0.466. The smallest absolute Gasteiger partial charge is 0.368 e. The lowest BCUT2D eigenvalue weighted by molar-refractivity contribution is -0.160. The Morgan fingerprint density at radius 2 is 2.11 bits per heavy atom. The minimum atomic E-state index is -1.58. The second-order valence-corrected chi connectivity index (χ2v) is 5.02. The quantitative estimate of drug-likeness (QED) is 0.671. The fourth-order valence-corrected chi connectivity index (χ4v) is 2.25. The SMILES string of the molecule is COC(=O)C1(Br)OC(=O)C=C1NCc1ccccc1. The number of carbonyl (C=O) groups excluding carboxylic acids is 2. The molecule has 0 radical (unpaired) electrons. The summed E-state index contributed by atoms with van der Waals surface area (Å²) in [6, 6.07) is 9.58. The molecule has 1 heterocycles. The van der Waals surface area contributed by atoms with Gasteiger partial charge in [0.05, 0.1) is 12.8 Å². The lowest BCUT2D eigenvalue weighted by Gasteiger charge is -2.22. The van der Waals surface area contributed by atoms with Crippen LogP contribution in [-0.2, 0) is 25.6 Å². The first-order chi connectivity index (χ1) is 9.06. The number of carbonyl (C=O) groups is 2. The Bertz CT molecular complexity index is 529. The molecule has 5 nitrogen and oxygen atoms in total. The number of hydrogen-bond donors (Lipinski definition) is 1. The van der Waals surface area contributed by atoms with E-state index in [1.54, 1.807) is 0 Å². The fourth-order valence-electron chi connectivity index (χ4n) is 1.67. The number of rotatable bonds is 4. The molecule has 1 unspecified atom stereocenters. The molecular weight excluding hydrogens is 314 g/mol. The van der Waals surface area contributed by atoms with Crippen molar-refractivity contribution in [3.63, 3.8) is 0 Å². The highest BCUT2D eigenvalue weighted by Gasteiger charge is 2.49. The van der Waals surface area contributed by atoms with Crippen molar-refractivity contribution in [3.05, 3.63) is 47.7 Å². The van der Waals surface area contributed by atoms with Crippen LogP contribution in [0.5, 0.6) is 0 Å². The van der Waals surface area contributed by atoms with Crippen molar-refractivity contribution in [2.24, 2.45) is 0 Å². The van der Waals surface area contributed by atoms with Gasteiger partial charge in [0.2, 0.25) is 0 Å². The molecule has 0 spiro atoms. The van der Waals surface area contributed by atoms with E-state index in [-0.39, 0.29) is 0 Å². The first kappa shape index (κ1) is 13.6. The number of alkyl halides is 1. The standard InChI is InChI=1S/C13H12BrNO4/c1-18-12(17)13(14)10(7-11(16)19-13)15-8-9-5-3-2-4-6-9/h2-7,15H,8H2,1H3. The Labute approximate surface area is 118 Å². The van der Waals surface area contributed by atoms with Gasteiger partial charge in [0.1, 0.15) is 0 Å². The van der Waals surface area contributed by atoms with Crippen LogP contribution in [0.15, 0.2) is 42.1 Å². The first-order valence-corrected chi connectivity index (χ1v) is 6.36. The van der Waals surface area contributed by atoms with Gasteiger partial charge in [-0.3, -0.25) is 0 Å². The van der Waals surface area contributed by atoms with E-state index < -0.39 is 16.4 Å². The molecular formula is C13H12BrNO4. The predicted molar refractivity (Wildman–Crippen MR) is 71.1 cm³/mol. The Morgan fingerprint density at radius 3 is 2.74 bits per heavy atom. The maximum Gasteiger partial charge on any atom is 0.368 e. The van der Waals surface area contributed by atoms with Crippen molar-refractivity contribution in [1.82, 2.24) is 5.32 Å². The van der Waals surface area contributed by atoms with Crippen LogP contribution in [0.3, 0.4) is 0 Å². The first-order valence-electron chi connectivity index (χ1n) is 5.56. The van der Waals surface area contributed by atoms with Crippen molar-refractivity contribution in [1.29, 1.82) is 0 Å². The Morgan fingerprint density at radius 1 is 1.42 bits per heavy atom. The summed E-state index contributed by atoms with van der Waals surface area (Å²) in [5.41, 5.74) is 1.34. The molecule has 19 heavy (non-hydrogen) atoms. The van der Waals surface area contributed by atoms with Gasteiger partial charge >= 0.3 is 16.4 Å². The summed E-state index contributed by atoms with van der Waals surface area (Å²) in [4.78, 5) is 23.0. The zero-order valence-corrected chi connectivity index (χ0v) is 11.8. The highest BCUT2D eigenvalue weighted by Crippen LogP contribution is 2.34. The molecule has 1 N–H and O–H groups in total. The van der Waals surface area contributed by atoms with Crippen molar-refractivity contribution in [3.8, 4) is 0 Å². The molecule has 1 aliphatic rings. The van der Waals surface area contributed by atoms with Gasteiger partial charge in [-0.25, -0.2) is 9.59 Å². The van der Waals surface area contributed by atoms with E-state index in [1.807, 2.05) is 30.3 Å². The van der Waals surface area contributed by atoms with Gasteiger partial charge in [0.25, 0.3) is 0 Å². The fraction of sp³-hybridized carbons (Fsp3) is 0.231. The number of ether oxygens (including phenoxy) is 2. The van der Waals surface area contributed by atoms with E-state index in [9.17, 15) is 9.59 Å². The van der Waals surface area contributed by atoms with Crippen LogP contribution in [0.25, 0.3) is 0 Å². The molecule has 0 saturated heterocycles. The maximum atomic E-state index is 11.7. The van der Waals surface area contributed by atoms with Crippen LogP contribution in [0.1, 0.15) is 5.56 Å². The Kier molecular flexibility index (Phi) is 3.90. The summed E-state index contributed by atoms with van der Waals surface area (Å²) >= 11 is 3.10. The van der Waals surface area contributed by atoms with E-state index in [2.05, 4.69) is 26.0 Å². The van der Waals surface area contributed by atoms with Crippen LogP contribution >= 0.6 is 15.9 Å². The summed E-state index contributed by atoms with van der Waals surface area (Å²) in [7, 11) is 1.23. The van der Waals surface area contributed by atoms with Gasteiger partial charge < -0.3 is 14.8 Å². The zero-order chi connectivity index (χ0) is 13.9. The molecule has 0 aromatic heterocycles. The molecule has 0 saturated carbocycles. The number of nitrogens with one attached hydrogen (secondary N) is 1. The average Bonchev–Trinajstić information content (AvgIpc) is 2.72. The molecule has 1 aliphatic heterocycles. The molecule has 0 fully saturated rings. The predicted octanol–water partition coefficient (Wildman–Crippen LogP) is 1.48. The molecule has 1 aromatic carbocycles.